The van der Waals surface area contributed by atoms with Crippen molar-refractivity contribution in [3.05, 3.63) is 48.0 Å². The van der Waals surface area contributed by atoms with Gasteiger partial charge < -0.3 is 5.73 Å². The topological polar surface area (TPSA) is 29.3 Å². The number of benzene rings is 2. The molecule has 0 saturated heterocycles. The van der Waals surface area contributed by atoms with Crippen molar-refractivity contribution in [2.45, 2.75) is 38.8 Å². The van der Waals surface area contributed by atoms with Crippen LogP contribution in [0.15, 0.2) is 42.5 Å². The maximum absolute atomic E-state index is 5.97. The molecule has 0 aliphatic heterocycles. The minimum absolute atomic E-state index is 0.666. The molecule has 0 radical (unpaired) electrons. The van der Waals surface area contributed by atoms with Crippen LogP contribution in [0.5, 0.6) is 0 Å². The largest absolute Gasteiger partial charge is 0.330 e. The molecule has 3 rings (SSSR count). The molecule has 1 aliphatic rings. The second-order valence-electron chi connectivity index (χ2n) is 6.20. The lowest BCUT2D eigenvalue weighted by molar-refractivity contribution is 0.163. The summed E-state index contributed by atoms with van der Waals surface area (Å²) in [6, 6.07) is 16.0. The standard InChI is InChI=1S/C19H26N2/c1-2-21(19-12-6-9-16(19)13-20)14-17-10-5-8-15-7-3-4-11-18(15)17/h3-5,7-8,10-11,16,19H,2,6,9,12-14,20H2,1H3. The third-order valence-corrected chi connectivity index (χ3v) is 5.05. The Balaban J connectivity index is 1.86. The van der Waals surface area contributed by atoms with Gasteiger partial charge in [0.05, 0.1) is 0 Å². The Morgan fingerprint density at radius 3 is 2.71 bits per heavy atom. The van der Waals surface area contributed by atoms with Crippen LogP contribution in [0.4, 0.5) is 0 Å². The van der Waals surface area contributed by atoms with E-state index in [9.17, 15) is 0 Å². The summed E-state index contributed by atoms with van der Waals surface area (Å²) in [5.74, 6) is 0.680. The van der Waals surface area contributed by atoms with Gasteiger partial charge in [0.15, 0.2) is 0 Å². The molecule has 2 unspecified atom stereocenters. The van der Waals surface area contributed by atoms with E-state index in [1.165, 1.54) is 35.6 Å². The summed E-state index contributed by atoms with van der Waals surface area (Å²) in [6.45, 7) is 5.25. The van der Waals surface area contributed by atoms with Gasteiger partial charge in [-0.3, -0.25) is 4.90 Å². The zero-order valence-corrected chi connectivity index (χ0v) is 13.0. The van der Waals surface area contributed by atoms with E-state index in [4.69, 9.17) is 5.73 Å². The average Bonchev–Trinajstić information content (AvgIpc) is 3.01. The van der Waals surface area contributed by atoms with Crippen LogP contribution >= 0.6 is 0 Å². The Labute approximate surface area is 127 Å². The molecule has 2 atom stereocenters. The highest BCUT2D eigenvalue weighted by atomic mass is 15.2. The molecule has 1 aliphatic carbocycles. The van der Waals surface area contributed by atoms with Gasteiger partial charge in [0.1, 0.15) is 0 Å². The van der Waals surface area contributed by atoms with Crippen LogP contribution in [0, 0.1) is 5.92 Å². The summed E-state index contributed by atoms with van der Waals surface area (Å²) in [4.78, 5) is 2.63. The second-order valence-corrected chi connectivity index (χ2v) is 6.20. The molecule has 2 aromatic carbocycles. The quantitative estimate of drug-likeness (QED) is 0.904. The number of nitrogens with zero attached hydrogens (tertiary/aromatic N) is 1. The first kappa shape index (κ1) is 14.6. The van der Waals surface area contributed by atoms with Crippen LogP contribution in [0.25, 0.3) is 10.8 Å². The van der Waals surface area contributed by atoms with E-state index in [-0.39, 0.29) is 0 Å². The summed E-state index contributed by atoms with van der Waals surface area (Å²) >= 11 is 0. The van der Waals surface area contributed by atoms with Crippen LogP contribution < -0.4 is 5.73 Å². The third kappa shape index (κ3) is 2.97. The first-order valence-electron chi connectivity index (χ1n) is 8.24. The maximum Gasteiger partial charge on any atom is 0.0242 e. The smallest absolute Gasteiger partial charge is 0.0242 e. The molecular weight excluding hydrogens is 256 g/mol. The highest BCUT2D eigenvalue weighted by Crippen LogP contribution is 2.31. The van der Waals surface area contributed by atoms with Crippen molar-refractivity contribution in [3.8, 4) is 0 Å². The fourth-order valence-corrected chi connectivity index (χ4v) is 3.89. The summed E-state index contributed by atoms with van der Waals surface area (Å²) in [5.41, 5.74) is 7.42. The molecule has 2 aromatic rings. The summed E-state index contributed by atoms with van der Waals surface area (Å²) < 4.78 is 0. The number of hydrogen-bond acceptors (Lipinski definition) is 2. The molecule has 2 nitrogen and oxygen atoms in total. The van der Waals surface area contributed by atoms with Gasteiger partial charge in [0.25, 0.3) is 0 Å². The molecule has 21 heavy (non-hydrogen) atoms. The highest BCUT2D eigenvalue weighted by Gasteiger charge is 2.30. The van der Waals surface area contributed by atoms with Crippen molar-refractivity contribution in [1.29, 1.82) is 0 Å². The summed E-state index contributed by atoms with van der Waals surface area (Å²) in [6.07, 6.45) is 3.94. The summed E-state index contributed by atoms with van der Waals surface area (Å²) in [7, 11) is 0. The average molecular weight is 282 g/mol. The Morgan fingerprint density at radius 1 is 1.10 bits per heavy atom. The zero-order valence-electron chi connectivity index (χ0n) is 13.0. The van der Waals surface area contributed by atoms with E-state index in [0.717, 1.165) is 19.6 Å². The Hall–Kier alpha value is -1.38. The van der Waals surface area contributed by atoms with Gasteiger partial charge in [-0.15, -0.1) is 0 Å². The molecule has 0 heterocycles. The van der Waals surface area contributed by atoms with Gasteiger partial charge in [0.2, 0.25) is 0 Å². The van der Waals surface area contributed by atoms with Crippen molar-refractivity contribution in [2.24, 2.45) is 11.7 Å². The van der Waals surface area contributed by atoms with Crippen LogP contribution in [0.1, 0.15) is 31.7 Å². The number of rotatable bonds is 5. The predicted octanol–water partition coefficient (Wildman–Crippen LogP) is 3.79. The molecule has 0 spiro atoms. The molecule has 0 aromatic heterocycles. The Morgan fingerprint density at radius 2 is 1.90 bits per heavy atom. The van der Waals surface area contributed by atoms with Gasteiger partial charge in [-0.25, -0.2) is 0 Å². The van der Waals surface area contributed by atoms with Crippen LogP contribution in [0.2, 0.25) is 0 Å². The first-order chi connectivity index (χ1) is 10.3. The Kier molecular flexibility index (Phi) is 4.57. The molecule has 0 bridgehead atoms. The van der Waals surface area contributed by atoms with Crippen molar-refractivity contribution in [1.82, 2.24) is 4.90 Å². The minimum Gasteiger partial charge on any atom is -0.330 e. The molecule has 2 heteroatoms. The van der Waals surface area contributed by atoms with Crippen LogP contribution in [-0.4, -0.2) is 24.0 Å². The monoisotopic (exact) mass is 282 g/mol. The van der Waals surface area contributed by atoms with E-state index < -0.39 is 0 Å². The zero-order chi connectivity index (χ0) is 14.7. The van der Waals surface area contributed by atoms with Gasteiger partial charge in [-0.05, 0) is 48.2 Å². The number of nitrogens with two attached hydrogens (primary N) is 1. The van der Waals surface area contributed by atoms with Crippen LogP contribution in [-0.2, 0) is 6.54 Å². The minimum atomic E-state index is 0.666. The van der Waals surface area contributed by atoms with Crippen molar-refractivity contribution in [2.75, 3.05) is 13.1 Å². The lowest BCUT2D eigenvalue weighted by Crippen LogP contribution is -2.39. The van der Waals surface area contributed by atoms with Gasteiger partial charge >= 0.3 is 0 Å². The SMILES string of the molecule is CCN(Cc1cccc2ccccc12)C1CCCC1CN. The second kappa shape index (κ2) is 6.59. The molecule has 1 saturated carbocycles. The molecule has 2 N–H and O–H groups in total. The normalized spacial score (nSPS) is 22.2. The van der Waals surface area contributed by atoms with Crippen molar-refractivity contribution < 1.29 is 0 Å². The third-order valence-electron chi connectivity index (χ3n) is 5.05. The first-order valence-corrected chi connectivity index (χ1v) is 8.24. The van der Waals surface area contributed by atoms with E-state index in [1.54, 1.807) is 0 Å². The summed E-state index contributed by atoms with van der Waals surface area (Å²) in [5, 5.41) is 2.73. The van der Waals surface area contributed by atoms with Gasteiger partial charge in [-0.1, -0.05) is 55.8 Å². The van der Waals surface area contributed by atoms with E-state index >= 15 is 0 Å². The van der Waals surface area contributed by atoms with E-state index in [1.807, 2.05) is 0 Å². The predicted molar refractivity (Wildman–Crippen MR) is 90.2 cm³/mol. The molecule has 112 valence electrons. The van der Waals surface area contributed by atoms with E-state index in [2.05, 4.69) is 54.3 Å². The molecule has 0 amide bonds. The fourth-order valence-electron chi connectivity index (χ4n) is 3.89. The molecular formula is C19H26N2. The van der Waals surface area contributed by atoms with Crippen molar-refractivity contribution >= 4 is 10.8 Å². The van der Waals surface area contributed by atoms with Crippen LogP contribution in [0.3, 0.4) is 0 Å². The lowest BCUT2D eigenvalue weighted by atomic mass is 10.00. The maximum atomic E-state index is 5.97. The van der Waals surface area contributed by atoms with Crippen molar-refractivity contribution in [3.63, 3.8) is 0 Å². The lowest BCUT2D eigenvalue weighted by Gasteiger charge is -2.32. The Bertz CT molecular complexity index is 588. The van der Waals surface area contributed by atoms with E-state index in [0.29, 0.717) is 12.0 Å². The molecule has 1 fully saturated rings. The number of fused-ring (bicyclic) bond motifs is 1. The van der Waals surface area contributed by atoms with Gasteiger partial charge in [0, 0.05) is 12.6 Å². The number of hydrogen-bond donors (Lipinski definition) is 1. The van der Waals surface area contributed by atoms with Gasteiger partial charge in [-0.2, -0.15) is 0 Å². The highest BCUT2D eigenvalue weighted by molar-refractivity contribution is 5.85. The fraction of sp³-hybridized carbons (Fsp3) is 0.474.